The van der Waals surface area contributed by atoms with Gasteiger partial charge in [-0.25, -0.2) is 4.79 Å². The number of nitrogens with one attached hydrogen (secondary N) is 2. The van der Waals surface area contributed by atoms with Crippen LogP contribution in [0, 0.1) is 0 Å². The fraction of sp³-hybridized carbons (Fsp3) is 0.632. The Kier molecular flexibility index (Phi) is 6.06. The summed E-state index contributed by atoms with van der Waals surface area (Å²) in [4.78, 5) is 14.8. The minimum Gasteiger partial charge on any atom is -0.335 e. The third-order valence-electron chi connectivity index (χ3n) is 5.22. The van der Waals surface area contributed by atoms with Crippen molar-refractivity contribution in [2.75, 3.05) is 12.0 Å². The first-order valence-corrected chi connectivity index (χ1v) is 10.4. The highest BCUT2D eigenvalue weighted by molar-refractivity contribution is 7.98. The van der Waals surface area contributed by atoms with E-state index < -0.39 is 0 Å². The number of urea groups is 1. The van der Waals surface area contributed by atoms with Crippen molar-refractivity contribution < 1.29 is 4.79 Å². The van der Waals surface area contributed by atoms with E-state index >= 15 is 0 Å². The van der Waals surface area contributed by atoms with Gasteiger partial charge in [-0.1, -0.05) is 30.3 Å². The van der Waals surface area contributed by atoms with Crippen molar-refractivity contribution >= 4 is 17.8 Å². The monoisotopic (exact) mass is 347 g/mol. The summed E-state index contributed by atoms with van der Waals surface area (Å²) in [5.41, 5.74) is 1.39. The van der Waals surface area contributed by atoms with Gasteiger partial charge in [-0.05, 0) is 44.4 Å². The number of fused-ring (bicyclic) bond motifs is 2. The molecule has 4 nitrogen and oxygen atoms in total. The molecule has 2 aliphatic rings. The van der Waals surface area contributed by atoms with E-state index in [1.165, 1.54) is 18.4 Å². The van der Waals surface area contributed by atoms with Gasteiger partial charge in [0.1, 0.15) is 0 Å². The first-order valence-electron chi connectivity index (χ1n) is 9.01. The van der Waals surface area contributed by atoms with Gasteiger partial charge in [0, 0.05) is 36.5 Å². The molecule has 5 heteroatoms. The van der Waals surface area contributed by atoms with Crippen LogP contribution < -0.4 is 10.6 Å². The predicted octanol–water partition coefficient (Wildman–Crippen LogP) is 3.23. The Bertz CT molecular complexity index is 525. The molecule has 3 rings (SSSR count). The second kappa shape index (κ2) is 8.26. The van der Waals surface area contributed by atoms with E-state index in [9.17, 15) is 4.79 Å². The SMILES string of the molecule is CSC[C@@H](C)NC(=O)NC1C[C@H]2CC[C@@H](C1)N2Cc1ccccc1. The van der Waals surface area contributed by atoms with E-state index in [4.69, 9.17) is 0 Å². The van der Waals surface area contributed by atoms with Crippen LogP contribution in [0.3, 0.4) is 0 Å². The Labute approximate surface area is 149 Å². The van der Waals surface area contributed by atoms with Crippen LogP contribution in [0.25, 0.3) is 0 Å². The molecule has 132 valence electrons. The van der Waals surface area contributed by atoms with E-state index in [1.54, 1.807) is 11.8 Å². The molecule has 2 aliphatic heterocycles. The number of thioether (sulfide) groups is 1. The molecule has 2 N–H and O–H groups in total. The molecular formula is C19H29N3OS. The molecule has 4 atom stereocenters. The quantitative estimate of drug-likeness (QED) is 0.830. The molecule has 0 aliphatic carbocycles. The molecule has 2 saturated heterocycles. The van der Waals surface area contributed by atoms with Crippen LogP contribution in [0.2, 0.25) is 0 Å². The van der Waals surface area contributed by atoms with Gasteiger partial charge >= 0.3 is 6.03 Å². The Morgan fingerprint density at radius 1 is 1.25 bits per heavy atom. The molecule has 1 aromatic rings. The molecule has 0 radical (unpaired) electrons. The number of nitrogens with zero attached hydrogens (tertiary/aromatic N) is 1. The van der Waals surface area contributed by atoms with Crippen molar-refractivity contribution in [3.63, 3.8) is 0 Å². The molecule has 2 bridgehead atoms. The van der Waals surface area contributed by atoms with Crippen molar-refractivity contribution in [3.8, 4) is 0 Å². The van der Waals surface area contributed by atoms with Crippen LogP contribution in [0.15, 0.2) is 30.3 Å². The maximum atomic E-state index is 12.2. The van der Waals surface area contributed by atoms with E-state index in [0.29, 0.717) is 18.1 Å². The van der Waals surface area contributed by atoms with Crippen molar-refractivity contribution in [1.29, 1.82) is 0 Å². The molecule has 1 unspecified atom stereocenters. The number of carbonyl (C=O) groups is 1. The second-order valence-electron chi connectivity index (χ2n) is 7.19. The largest absolute Gasteiger partial charge is 0.335 e. The topological polar surface area (TPSA) is 44.4 Å². The van der Waals surface area contributed by atoms with Gasteiger partial charge in [-0.2, -0.15) is 11.8 Å². The standard InChI is InChI=1S/C19H29N3OS/c1-14(13-24-2)20-19(23)21-16-10-17-8-9-18(11-16)22(17)12-15-6-4-3-5-7-15/h3-7,14,16-18H,8-13H2,1-2H3,(H2,20,21,23)/t14-,16?,17-,18+/m1/s1. The molecule has 2 fully saturated rings. The van der Waals surface area contributed by atoms with Crippen molar-refractivity contribution in [3.05, 3.63) is 35.9 Å². The lowest BCUT2D eigenvalue weighted by Gasteiger charge is -2.39. The molecule has 1 aromatic carbocycles. The van der Waals surface area contributed by atoms with Gasteiger partial charge in [0.2, 0.25) is 0 Å². The van der Waals surface area contributed by atoms with Crippen LogP contribution >= 0.6 is 11.8 Å². The lowest BCUT2D eigenvalue weighted by atomic mass is 9.96. The van der Waals surface area contributed by atoms with Crippen molar-refractivity contribution in [2.45, 2.75) is 63.3 Å². The lowest BCUT2D eigenvalue weighted by molar-refractivity contribution is 0.111. The zero-order valence-electron chi connectivity index (χ0n) is 14.7. The van der Waals surface area contributed by atoms with E-state index in [-0.39, 0.29) is 12.1 Å². The highest BCUT2D eigenvalue weighted by Gasteiger charge is 2.40. The molecule has 0 aromatic heterocycles. The van der Waals surface area contributed by atoms with E-state index in [2.05, 4.69) is 59.0 Å². The number of hydrogen-bond acceptors (Lipinski definition) is 3. The molecule has 0 spiro atoms. The summed E-state index contributed by atoms with van der Waals surface area (Å²) >= 11 is 1.76. The Balaban J connectivity index is 1.51. The maximum Gasteiger partial charge on any atom is 0.315 e. The summed E-state index contributed by atoms with van der Waals surface area (Å²) in [5.74, 6) is 0.953. The van der Waals surface area contributed by atoms with Crippen LogP contribution in [0.1, 0.15) is 38.2 Å². The fourth-order valence-corrected chi connectivity index (χ4v) is 4.77. The van der Waals surface area contributed by atoms with E-state index in [0.717, 1.165) is 25.1 Å². The molecule has 2 heterocycles. The number of amides is 2. The second-order valence-corrected chi connectivity index (χ2v) is 8.10. The smallest absolute Gasteiger partial charge is 0.315 e. The minimum absolute atomic E-state index is 0.00235. The van der Waals surface area contributed by atoms with Gasteiger partial charge in [0.25, 0.3) is 0 Å². The summed E-state index contributed by atoms with van der Waals surface area (Å²) in [7, 11) is 0. The van der Waals surface area contributed by atoms with Crippen molar-refractivity contribution in [1.82, 2.24) is 15.5 Å². The van der Waals surface area contributed by atoms with Crippen molar-refractivity contribution in [2.24, 2.45) is 0 Å². The number of benzene rings is 1. The summed E-state index contributed by atoms with van der Waals surface area (Å²) in [6, 6.07) is 12.5. The Morgan fingerprint density at radius 3 is 2.54 bits per heavy atom. The molecule has 2 amide bonds. The fourth-order valence-electron chi connectivity index (χ4n) is 4.19. The maximum absolute atomic E-state index is 12.2. The first-order chi connectivity index (χ1) is 11.7. The lowest BCUT2D eigenvalue weighted by Crippen LogP contribution is -2.53. The van der Waals surface area contributed by atoms with Gasteiger partial charge in [-0.15, -0.1) is 0 Å². The summed E-state index contributed by atoms with van der Waals surface area (Å²) in [6.07, 6.45) is 6.75. The third kappa shape index (κ3) is 4.45. The minimum atomic E-state index is -0.00235. The van der Waals surface area contributed by atoms with Gasteiger partial charge in [0.05, 0.1) is 0 Å². The van der Waals surface area contributed by atoms with Crippen LogP contribution in [-0.2, 0) is 6.54 Å². The number of piperidine rings is 1. The van der Waals surface area contributed by atoms with Crippen LogP contribution in [-0.4, -0.2) is 47.1 Å². The van der Waals surface area contributed by atoms with Gasteiger partial charge in [-0.3, -0.25) is 4.90 Å². The Hall–Kier alpha value is -1.20. The van der Waals surface area contributed by atoms with Gasteiger partial charge < -0.3 is 10.6 Å². The third-order valence-corrected chi connectivity index (χ3v) is 6.06. The zero-order valence-corrected chi connectivity index (χ0v) is 15.5. The Morgan fingerprint density at radius 2 is 1.92 bits per heavy atom. The summed E-state index contributed by atoms with van der Waals surface area (Å²) in [6.45, 7) is 3.10. The summed E-state index contributed by atoms with van der Waals surface area (Å²) < 4.78 is 0. The average Bonchev–Trinajstić information content (AvgIpc) is 2.79. The van der Waals surface area contributed by atoms with Crippen LogP contribution in [0.4, 0.5) is 4.79 Å². The number of carbonyl (C=O) groups excluding carboxylic acids is 1. The average molecular weight is 348 g/mol. The molecule has 0 saturated carbocycles. The van der Waals surface area contributed by atoms with Gasteiger partial charge in [0.15, 0.2) is 0 Å². The summed E-state index contributed by atoms with van der Waals surface area (Å²) in [5, 5.41) is 6.25. The predicted molar refractivity (Wildman–Crippen MR) is 101 cm³/mol. The van der Waals surface area contributed by atoms with Crippen LogP contribution in [0.5, 0.6) is 0 Å². The highest BCUT2D eigenvalue weighted by Crippen LogP contribution is 2.36. The normalized spacial score (nSPS) is 27.7. The molecular weight excluding hydrogens is 318 g/mol. The first kappa shape index (κ1) is 17.6. The molecule has 24 heavy (non-hydrogen) atoms. The van der Waals surface area contributed by atoms with E-state index in [1.807, 2.05) is 0 Å². The number of hydrogen-bond donors (Lipinski definition) is 2. The zero-order chi connectivity index (χ0) is 16.9. The highest BCUT2D eigenvalue weighted by atomic mass is 32.2. The number of rotatable bonds is 6.